The fourth-order valence-corrected chi connectivity index (χ4v) is 5.58. The summed E-state index contributed by atoms with van der Waals surface area (Å²) in [6.07, 6.45) is -3.59. The first-order valence-corrected chi connectivity index (χ1v) is 12.5. The summed E-state index contributed by atoms with van der Waals surface area (Å²) in [5, 5.41) is -0.357. The molecule has 3 aromatic rings. The van der Waals surface area contributed by atoms with Crippen LogP contribution in [0.3, 0.4) is 0 Å². The van der Waals surface area contributed by atoms with Gasteiger partial charge in [0.1, 0.15) is 12.4 Å². The van der Waals surface area contributed by atoms with E-state index in [-0.39, 0.29) is 22.1 Å². The number of nitrogens with zero attached hydrogens (tertiary/aromatic N) is 3. The molecule has 1 saturated carbocycles. The van der Waals surface area contributed by atoms with Crippen molar-refractivity contribution in [1.29, 1.82) is 0 Å². The van der Waals surface area contributed by atoms with E-state index in [1.54, 1.807) is 4.57 Å². The molecule has 12 heteroatoms. The molecule has 1 aliphatic rings. The minimum atomic E-state index is -4.71. The van der Waals surface area contributed by atoms with Crippen LogP contribution in [0.5, 0.6) is 0 Å². The van der Waals surface area contributed by atoms with Crippen LogP contribution in [0.2, 0.25) is 0 Å². The normalized spacial score (nSPS) is 16.3. The molecule has 1 aromatic carbocycles. The zero-order valence-corrected chi connectivity index (χ0v) is 20.1. The van der Waals surface area contributed by atoms with E-state index in [0.29, 0.717) is 30.3 Å². The summed E-state index contributed by atoms with van der Waals surface area (Å²) in [5.41, 5.74) is -1.02. The Morgan fingerprint density at radius 3 is 2.43 bits per heavy atom. The summed E-state index contributed by atoms with van der Waals surface area (Å²) in [7, 11) is -3.93. The maximum absolute atomic E-state index is 14.1. The van der Waals surface area contributed by atoms with Gasteiger partial charge >= 0.3 is 6.18 Å². The van der Waals surface area contributed by atoms with Gasteiger partial charge < -0.3 is 4.57 Å². The van der Waals surface area contributed by atoms with E-state index in [4.69, 9.17) is 0 Å². The lowest BCUT2D eigenvalue weighted by atomic mass is 9.96. The number of sulfonamides is 1. The van der Waals surface area contributed by atoms with Gasteiger partial charge in [0.25, 0.3) is 6.43 Å². The maximum Gasteiger partial charge on any atom is 0.434 e. The Morgan fingerprint density at radius 2 is 1.86 bits per heavy atom. The molecule has 1 aliphatic carbocycles. The van der Waals surface area contributed by atoms with Crippen LogP contribution >= 0.6 is 0 Å². The standard InChI is InChI=1S/C23H25F5N4O2S/c1-22(2,3)11-32-10-17(19(21(24)25)31-35(33,34)14-5-6-14)15-7-4-13(8-18(15)32)16-9-29-12-30-20(16)23(26,27)28/h4,7-10,12,14,19,21,31H,5-6,11H2,1-3H3. The lowest BCUT2D eigenvalue weighted by Crippen LogP contribution is -2.35. The molecule has 2 aromatic heterocycles. The smallest absolute Gasteiger partial charge is 0.347 e. The van der Waals surface area contributed by atoms with Gasteiger partial charge in [-0.3, -0.25) is 0 Å². The van der Waals surface area contributed by atoms with Gasteiger partial charge in [-0.1, -0.05) is 32.9 Å². The van der Waals surface area contributed by atoms with Gasteiger partial charge in [0.05, 0.1) is 5.25 Å². The molecule has 1 N–H and O–H groups in total. The Labute approximate surface area is 199 Å². The van der Waals surface area contributed by atoms with Crippen molar-refractivity contribution < 1.29 is 30.4 Å². The van der Waals surface area contributed by atoms with E-state index in [1.165, 1.54) is 24.4 Å². The van der Waals surface area contributed by atoms with E-state index in [9.17, 15) is 30.4 Å². The first-order valence-electron chi connectivity index (χ1n) is 11.0. The number of benzene rings is 1. The summed E-state index contributed by atoms with van der Waals surface area (Å²) < 4.78 is 97.6. The van der Waals surface area contributed by atoms with Crippen LogP contribution in [0.15, 0.2) is 36.9 Å². The third kappa shape index (κ3) is 5.48. The molecule has 190 valence electrons. The molecule has 2 heterocycles. The highest BCUT2D eigenvalue weighted by Gasteiger charge is 2.40. The third-order valence-corrected chi connectivity index (χ3v) is 7.62. The zero-order chi connectivity index (χ0) is 25.8. The summed E-state index contributed by atoms with van der Waals surface area (Å²) in [5.74, 6) is 0. The minimum Gasteiger partial charge on any atom is -0.347 e. The van der Waals surface area contributed by atoms with E-state index < -0.39 is 39.6 Å². The highest BCUT2D eigenvalue weighted by atomic mass is 32.2. The molecule has 35 heavy (non-hydrogen) atoms. The van der Waals surface area contributed by atoms with E-state index in [1.807, 2.05) is 20.8 Å². The highest BCUT2D eigenvalue weighted by Crippen LogP contribution is 2.39. The molecule has 1 atom stereocenters. The van der Waals surface area contributed by atoms with Gasteiger partial charge in [0.15, 0.2) is 5.69 Å². The number of alkyl halides is 5. The molecule has 6 nitrogen and oxygen atoms in total. The Hall–Kier alpha value is -2.60. The average Bonchev–Trinajstić information content (AvgIpc) is 3.55. The van der Waals surface area contributed by atoms with Gasteiger partial charge in [-0.15, -0.1) is 0 Å². The minimum absolute atomic E-state index is 0.0652. The summed E-state index contributed by atoms with van der Waals surface area (Å²) in [4.78, 5) is 7.11. The van der Waals surface area contributed by atoms with Gasteiger partial charge in [0.2, 0.25) is 10.0 Å². The molecule has 0 bridgehead atoms. The van der Waals surface area contributed by atoms with Crippen LogP contribution < -0.4 is 4.72 Å². The number of halogens is 5. The number of hydrogen-bond donors (Lipinski definition) is 1. The highest BCUT2D eigenvalue weighted by molar-refractivity contribution is 7.90. The topological polar surface area (TPSA) is 76.9 Å². The van der Waals surface area contributed by atoms with Crippen LogP contribution in [0.4, 0.5) is 22.0 Å². The molecule has 0 saturated heterocycles. The first kappa shape index (κ1) is 25.5. The van der Waals surface area contributed by atoms with E-state index >= 15 is 0 Å². The quantitative estimate of drug-likeness (QED) is 0.418. The number of aromatic nitrogens is 3. The van der Waals surface area contributed by atoms with Crippen molar-refractivity contribution in [2.45, 2.75) is 64.1 Å². The van der Waals surface area contributed by atoms with Gasteiger partial charge in [0, 0.05) is 41.0 Å². The van der Waals surface area contributed by atoms with E-state index in [0.717, 1.165) is 12.5 Å². The average molecular weight is 517 g/mol. The molecular formula is C23H25F5N4O2S. The molecule has 1 fully saturated rings. The Bertz CT molecular complexity index is 1340. The molecular weight excluding hydrogens is 491 g/mol. The lowest BCUT2D eigenvalue weighted by Gasteiger charge is -2.20. The fourth-order valence-electron chi connectivity index (χ4n) is 4.05. The number of hydrogen-bond acceptors (Lipinski definition) is 4. The SMILES string of the molecule is CC(C)(C)Cn1cc(C(NS(=O)(=O)C2CC2)C(F)F)c2ccc(-c3cncnc3C(F)(F)F)cc21. The monoisotopic (exact) mass is 516 g/mol. The first-order chi connectivity index (χ1) is 16.2. The van der Waals surface area contributed by atoms with Crippen molar-refractivity contribution in [3.8, 4) is 11.1 Å². The van der Waals surface area contributed by atoms with Gasteiger partial charge in [-0.05, 0) is 29.9 Å². The van der Waals surface area contributed by atoms with Crippen molar-refractivity contribution in [1.82, 2.24) is 19.3 Å². The van der Waals surface area contributed by atoms with Crippen molar-refractivity contribution in [2.75, 3.05) is 0 Å². The van der Waals surface area contributed by atoms with Crippen LogP contribution in [-0.4, -0.2) is 34.6 Å². The van der Waals surface area contributed by atoms with Crippen LogP contribution in [0, 0.1) is 5.41 Å². The number of fused-ring (bicyclic) bond motifs is 1. The molecule has 0 spiro atoms. The van der Waals surface area contributed by atoms with Crippen molar-refractivity contribution in [3.05, 3.63) is 48.2 Å². The molecule has 1 unspecified atom stereocenters. The lowest BCUT2D eigenvalue weighted by molar-refractivity contribution is -0.140. The van der Waals surface area contributed by atoms with Crippen LogP contribution in [0.25, 0.3) is 22.0 Å². The molecule has 0 amide bonds. The fraction of sp³-hybridized carbons (Fsp3) is 0.478. The number of rotatable bonds is 7. The van der Waals surface area contributed by atoms with Crippen molar-refractivity contribution in [2.24, 2.45) is 5.41 Å². The van der Waals surface area contributed by atoms with E-state index in [2.05, 4.69) is 14.7 Å². The Balaban J connectivity index is 1.88. The summed E-state index contributed by atoms with van der Waals surface area (Å²) >= 11 is 0. The second-order valence-corrected chi connectivity index (χ2v) is 12.0. The third-order valence-electron chi connectivity index (χ3n) is 5.69. The second kappa shape index (κ2) is 8.81. The van der Waals surface area contributed by atoms with Gasteiger partial charge in [-0.25, -0.2) is 31.9 Å². The zero-order valence-electron chi connectivity index (χ0n) is 19.3. The molecule has 4 rings (SSSR count). The van der Waals surface area contributed by atoms with Crippen LogP contribution in [-0.2, 0) is 22.7 Å². The van der Waals surface area contributed by atoms with Crippen LogP contribution in [0.1, 0.15) is 50.9 Å². The van der Waals surface area contributed by atoms with Crippen molar-refractivity contribution >= 4 is 20.9 Å². The number of nitrogens with one attached hydrogen (secondary N) is 1. The predicted molar refractivity (Wildman–Crippen MR) is 121 cm³/mol. The summed E-state index contributed by atoms with van der Waals surface area (Å²) in [6.45, 7) is 6.14. The molecule has 0 radical (unpaired) electrons. The second-order valence-electron chi connectivity index (χ2n) is 9.96. The predicted octanol–water partition coefficient (Wildman–Crippen LogP) is 5.55. The Kier molecular flexibility index (Phi) is 6.41. The largest absolute Gasteiger partial charge is 0.434 e. The van der Waals surface area contributed by atoms with Gasteiger partial charge in [-0.2, -0.15) is 13.2 Å². The summed E-state index contributed by atoms with van der Waals surface area (Å²) in [6, 6.07) is 2.49. The maximum atomic E-state index is 14.1. The molecule has 0 aliphatic heterocycles. The Morgan fingerprint density at radius 1 is 1.17 bits per heavy atom. The van der Waals surface area contributed by atoms with Crippen molar-refractivity contribution in [3.63, 3.8) is 0 Å².